The zero-order valence-corrected chi connectivity index (χ0v) is 21.7. The minimum atomic E-state index is -0.915. The molecule has 1 aliphatic heterocycles. The van der Waals surface area contributed by atoms with E-state index in [0.29, 0.717) is 39.4 Å². The number of Topliss-reactive ketones (excluding diaryl/α,β-unsaturated/α-hetero) is 1. The highest BCUT2D eigenvalue weighted by atomic mass is 16.5. The van der Waals surface area contributed by atoms with Gasteiger partial charge in [0.25, 0.3) is 5.78 Å². The number of nitrogens with one attached hydrogen (secondary N) is 1. The number of aryl methyl sites for hydroxylation is 2. The molecule has 194 valence electrons. The number of ketones is 1. The lowest BCUT2D eigenvalue weighted by Gasteiger charge is -2.23. The van der Waals surface area contributed by atoms with E-state index in [2.05, 4.69) is 9.97 Å². The highest BCUT2D eigenvalue weighted by molar-refractivity contribution is 6.51. The van der Waals surface area contributed by atoms with Gasteiger partial charge in [-0.15, -0.1) is 0 Å². The van der Waals surface area contributed by atoms with Gasteiger partial charge in [0, 0.05) is 17.7 Å². The van der Waals surface area contributed by atoms with Gasteiger partial charge in [0.2, 0.25) is 5.95 Å². The molecule has 38 heavy (non-hydrogen) atoms. The number of rotatable bonds is 6. The minimum absolute atomic E-state index is 0.0271. The van der Waals surface area contributed by atoms with E-state index in [1.165, 1.54) is 19.1 Å². The van der Waals surface area contributed by atoms with Crippen LogP contribution in [-0.2, 0) is 9.59 Å². The van der Waals surface area contributed by atoms with E-state index in [1.807, 2.05) is 38.1 Å². The lowest BCUT2D eigenvalue weighted by molar-refractivity contribution is -0.132. The Bertz CT molecular complexity index is 1580. The number of ether oxygens (including phenoxy) is 3. The summed E-state index contributed by atoms with van der Waals surface area (Å²) in [5, 5.41) is 11.4. The normalized spacial score (nSPS) is 16.8. The molecule has 5 rings (SSSR count). The van der Waals surface area contributed by atoms with Crippen molar-refractivity contribution in [3.63, 3.8) is 0 Å². The summed E-state index contributed by atoms with van der Waals surface area (Å²) in [6.45, 7) is 3.76. The van der Waals surface area contributed by atoms with Gasteiger partial charge in [0.05, 0.1) is 44.0 Å². The van der Waals surface area contributed by atoms with Crippen LogP contribution in [-0.4, -0.2) is 48.1 Å². The molecule has 1 saturated heterocycles. The number of hydrogen-bond donors (Lipinski definition) is 2. The first-order chi connectivity index (χ1) is 18.3. The number of aromatic amines is 1. The number of aliphatic hydroxyl groups excluding tert-OH is 1. The largest absolute Gasteiger partial charge is 0.507 e. The standard InChI is InChI=1S/C29H27N3O6/c1-15-7-6-8-17(11-15)25-24(26(33)18-9-10-21(36-3)16(2)12-18)27(34)28(35)32(25)29-30-19-13-22(37-4)23(38-5)14-20(19)31-29/h6-14,25,33H,1-5H3,(H,30,31)/b26-24+. The summed E-state index contributed by atoms with van der Waals surface area (Å²) >= 11 is 0. The monoisotopic (exact) mass is 513 g/mol. The second-order valence-electron chi connectivity index (χ2n) is 9.05. The number of aromatic nitrogens is 2. The van der Waals surface area contributed by atoms with E-state index in [1.54, 1.807) is 37.4 Å². The highest BCUT2D eigenvalue weighted by Gasteiger charge is 2.48. The molecule has 1 amide bonds. The van der Waals surface area contributed by atoms with E-state index in [9.17, 15) is 14.7 Å². The molecule has 1 unspecified atom stereocenters. The fraction of sp³-hybridized carbons (Fsp3) is 0.207. The molecule has 1 aliphatic rings. The predicted molar refractivity (Wildman–Crippen MR) is 143 cm³/mol. The number of methoxy groups -OCH3 is 3. The van der Waals surface area contributed by atoms with Gasteiger partial charge in [0.1, 0.15) is 11.5 Å². The van der Waals surface area contributed by atoms with E-state index >= 15 is 0 Å². The summed E-state index contributed by atoms with van der Waals surface area (Å²) in [5.41, 5.74) is 3.86. The molecule has 9 heteroatoms. The summed E-state index contributed by atoms with van der Waals surface area (Å²) in [6, 6.07) is 15.0. The molecule has 0 radical (unpaired) electrons. The topological polar surface area (TPSA) is 114 Å². The van der Waals surface area contributed by atoms with E-state index in [0.717, 1.165) is 11.1 Å². The van der Waals surface area contributed by atoms with Crippen LogP contribution < -0.4 is 19.1 Å². The maximum atomic E-state index is 13.5. The second-order valence-corrected chi connectivity index (χ2v) is 9.05. The van der Waals surface area contributed by atoms with Crippen molar-refractivity contribution >= 4 is 34.4 Å². The summed E-state index contributed by atoms with van der Waals surface area (Å²) < 4.78 is 16.1. The molecule has 4 aromatic rings. The van der Waals surface area contributed by atoms with Crippen LogP contribution in [0.25, 0.3) is 16.8 Å². The highest BCUT2D eigenvalue weighted by Crippen LogP contribution is 2.43. The Morgan fingerprint density at radius 2 is 1.63 bits per heavy atom. The molecular formula is C29H27N3O6. The smallest absolute Gasteiger partial charge is 0.302 e. The number of fused-ring (bicyclic) bond motifs is 1. The van der Waals surface area contributed by atoms with Crippen LogP contribution in [0.4, 0.5) is 5.95 Å². The Morgan fingerprint density at radius 1 is 0.921 bits per heavy atom. The van der Waals surface area contributed by atoms with Crippen molar-refractivity contribution in [1.29, 1.82) is 0 Å². The summed E-state index contributed by atoms with van der Waals surface area (Å²) in [4.78, 5) is 36.0. The summed E-state index contributed by atoms with van der Waals surface area (Å²) in [7, 11) is 4.61. The lowest BCUT2D eigenvalue weighted by Crippen LogP contribution is -2.30. The van der Waals surface area contributed by atoms with Crippen LogP contribution in [0.1, 0.15) is 28.3 Å². The molecule has 3 aromatic carbocycles. The molecule has 1 aromatic heterocycles. The van der Waals surface area contributed by atoms with Gasteiger partial charge in [-0.05, 0) is 43.2 Å². The van der Waals surface area contributed by atoms with Crippen molar-refractivity contribution in [3.8, 4) is 17.2 Å². The molecule has 2 N–H and O–H groups in total. The number of carbonyl (C=O) groups excluding carboxylic acids is 2. The number of imidazole rings is 1. The minimum Gasteiger partial charge on any atom is -0.507 e. The van der Waals surface area contributed by atoms with Gasteiger partial charge >= 0.3 is 5.91 Å². The number of H-pyrrole nitrogens is 1. The molecule has 2 heterocycles. The fourth-order valence-corrected chi connectivity index (χ4v) is 4.83. The first-order valence-electron chi connectivity index (χ1n) is 11.9. The van der Waals surface area contributed by atoms with Gasteiger partial charge in [-0.3, -0.25) is 14.5 Å². The van der Waals surface area contributed by atoms with Crippen molar-refractivity contribution in [2.75, 3.05) is 26.2 Å². The maximum Gasteiger partial charge on any atom is 0.302 e. The summed E-state index contributed by atoms with van der Waals surface area (Å²) in [5.74, 6) is -0.117. The predicted octanol–water partition coefficient (Wildman–Crippen LogP) is 4.83. The molecule has 0 aliphatic carbocycles. The van der Waals surface area contributed by atoms with E-state index < -0.39 is 17.7 Å². The van der Waals surface area contributed by atoms with Crippen LogP contribution in [0.15, 0.2) is 60.2 Å². The van der Waals surface area contributed by atoms with Crippen LogP contribution in [0, 0.1) is 13.8 Å². The number of aliphatic hydroxyl groups is 1. The van der Waals surface area contributed by atoms with Crippen molar-refractivity contribution in [2.24, 2.45) is 0 Å². The Morgan fingerprint density at radius 3 is 2.29 bits per heavy atom. The molecule has 1 fully saturated rings. The Kier molecular flexibility index (Phi) is 6.28. The zero-order chi connectivity index (χ0) is 27.1. The van der Waals surface area contributed by atoms with Crippen LogP contribution in [0.2, 0.25) is 0 Å². The van der Waals surface area contributed by atoms with Crippen molar-refractivity contribution in [2.45, 2.75) is 19.9 Å². The van der Waals surface area contributed by atoms with Gasteiger partial charge in [-0.25, -0.2) is 4.98 Å². The van der Waals surface area contributed by atoms with E-state index in [4.69, 9.17) is 14.2 Å². The Balaban J connectivity index is 1.72. The second kappa shape index (κ2) is 9.59. The van der Waals surface area contributed by atoms with Gasteiger partial charge in [-0.1, -0.05) is 29.8 Å². The van der Waals surface area contributed by atoms with E-state index in [-0.39, 0.29) is 17.3 Å². The van der Waals surface area contributed by atoms with Gasteiger partial charge in [0.15, 0.2) is 11.5 Å². The summed E-state index contributed by atoms with van der Waals surface area (Å²) in [6.07, 6.45) is 0. The first-order valence-corrected chi connectivity index (χ1v) is 11.9. The SMILES string of the molecule is COc1ccc(/C(O)=C2\C(=O)C(=O)N(c3nc4cc(OC)c(OC)cc4[nH]3)C2c2cccc(C)c2)cc1C. The quantitative estimate of drug-likeness (QED) is 0.216. The molecule has 0 spiro atoms. The first kappa shape index (κ1) is 24.9. The zero-order valence-electron chi connectivity index (χ0n) is 21.7. The van der Waals surface area contributed by atoms with Crippen LogP contribution in [0.5, 0.6) is 17.2 Å². The number of benzene rings is 3. The number of nitrogens with zero attached hydrogens (tertiary/aromatic N) is 2. The fourth-order valence-electron chi connectivity index (χ4n) is 4.83. The average Bonchev–Trinajstić information content (AvgIpc) is 3.44. The van der Waals surface area contributed by atoms with Crippen molar-refractivity contribution < 1.29 is 28.9 Å². The van der Waals surface area contributed by atoms with Gasteiger partial charge in [-0.2, -0.15) is 0 Å². The third kappa shape index (κ3) is 4.02. The number of anilines is 1. The number of hydrogen-bond acceptors (Lipinski definition) is 7. The average molecular weight is 514 g/mol. The molecule has 9 nitrogen and oxygen atoms in total. The number of carbonyl (C=O) groups is 2. The molecule has 0 saturated carbocycles. The molecule has 0 bridgehead atoms. The number of amides is 1. The lowest BCUT2D eigenvalue weighted by atomic mass is 9.94. The van der Waals surface area contributed by atoms with Crippen molar-refractivity contribution in [3.05, 3.63) is 82.4 Å². The molecular weight excluding hydrogens is 486 g/mol. The Hall–Kier alpha value is -4.79. The van der Waals surface area contributed by atoms with Crippen LogP contribution in [0.3, 0.4) is 0 Å². The van der Waals surface area contributed by atoms with Crippen molar-refractivity contribution in [1.82, 2.24) is 9.97 Å². The van der Waals surface area contributed by atoms with Gasteiger partial charge < -0.3 is 24.3 Å². The van der Waals surface area contributed by atoms with Crippen LogP contribution >= 0.6 is 0 Å². The maximum absolute atomic E-state index is 13.5. The molecule has 1 atom stereocenters. The third-order valence-corrected chi connectivity index (χ3v) is 6.67. The third-order valence-electron chi connectivity index (χ3n) is 6.67. The Labute approximate surface area is 219 Å².